The number of carbonyl (C=O) groups excluding carboxylic acids is 1. The summed E-state index contributed by atoms with van der Waals surface area (Å²) in [7, 11) is 5.64. The first-order valence-electron chi connectivity index (χ1n) is 12.9. The Hall–Kier alpha value is -5.18. The molecule has 2 aromatic heterocycles. The van der Waals surface area contributed by atoms with E-state index in [1.165, 1.54) is 0 Å². The summed E-state index contributed by atoms with van der Waals surface area (Å²) in [6.07, 6.45) is 6.06. The molecule has 5 aromatic rings. The monoisotopic (exact) mass is 531 g/mol. The molecule has 9 heteroatoms. The Balaban J connectivity index is 1.53. The molecule has 1 atom stereocenters. The van der Waals surface area contributed by atoms with Gasteiger partial charge in [-0.05, 0) is 42.0 Å². The number of fused-ring (bicyclic) bond motifs is 3. The molecule has 9 nitrogen and oxygen atoms in total. The van der Waals surface area contributed by atoms with Gasteiger partial charge in [-0.2, -0.15) is 4.52 Å². The normalized spacial score (nSPS) is 16.6. The summed E-state index contributed by atoms with van der Waals surface area (Å²) in [4.78, 5) is 14.4. The van der Waals surface area contributed by atoms with Crippen molar-refractivity contribution in [1.29, 1.82) is 0 Å². The zero-order chi connectivity index (χ0) is 27.9. The van der Waals surface area contributed by atoms with Gasteiger partial charge in [0.1, 0.15) is 5.75 Å². The Labute approximate surface area is 231 Å². The van der Waals surface area contributed by atoms with Crippen LogP contribution in [-0.4, -0.2) is 46.9 Å². The fraction of sp³-hybridized carbons (Fsp3) is 0.161. The van der Waals surface area contributed by atoms with Gasteiger partial charge in [0.15, 0.2) is 17.3 Å². The number of primary amides is 1. The first-order valence-corrected chi connectivity index (χ1v) is 12.9. The van der Waals surface area contributed by atoms with E-state index in [1.54, 1.807) is 17.7 Å². The number of methoxy groups -OCH3 is 1. The Morgan fingerprint density at radius 3 is 2.40 bits per heavy atom. The molecule has 40 heavy (non-hydrogen) atoms. The number of hydrogen-bond donors (Lipinski definition) is 2. The molecule has 200 valence electrons. The van der Waals surface area contributed by atoms with Crippen LogP contribution in [0, 0.1) is 0 Å². The summed E-state index contributed by atoms with van der Waals surface area (Å²) in [6.45, 7) is 0. The molecule has 0 saturated heterocycles. The first kappa shape index (κ1) is 25.1. The molecule has 1 aliphatic carbocycles. The fourth-order valence-corrected chi connectivity index (χ4v) is 5.13. The van der Waals surface area contributed by atoms with Crippen molar-refractivity contribution in [2.45, 2.75) is 12.0 Å². The first-order chi connectivity index (χ1) is 19.4. The number of allylic oxidation sites excluding steroid dienone is 2. The lowest BCUT2D eigenvalue weighted by molar-refractivity contribution is -0.114. The Bertz CT molecular complexity index is 1790. The van der Waals surface area contributed by atoms with E-state index in [4.69, 9.17) is 15.6 Å². The molecule has 1 aliphatic rings. The third-order valence-corrected chi connectivity index (χ3v) is 7.32. The van der Waals surface area contributed by atoms with Crippen LogP contribution in [0.15, 0.2) is 96.6 Å². The highest BCUT2D eigenvalue weighted by atomic mass is 16.5. The molecular weight excluding hydrogens is 502 g/mol. The number of carbonyl (C=O) groups is 1. The highest BCUT2D eigenvalue weighted by molar-refractivity contribution is 6.01. The lowest BCUT2D eigenvalue weighted by atomic mass is 9.80. The van der Waals surface area contributed by atoms with Crippen LogP contribution in [0.3, 0.4) is 0 Å². The number of rotatable bonds is 7. The number of anilines is 2. The SMILES string of the molecule is COc1ccc(-c2nnc3c4ccccc4c(NC4(c5ccc(N(C)C)cc5)C=CC=C(C(N)=O)C4)nn23)cc1. The van der Waals surface area contributed by atoms with E-state index in [-0.39, 0.29) is 0 Å². The average molecular weight is 532 g/mol. The van der Waals surface area contributed by atoms with Crippen LogP contribution in [0.1, 0.15) is 12.0 Å². The Morgan fingerprint density at radius 1 is 1.00 bits per heavy atom. The van der Waals surface area contributed by atoms with E-state index in [2.05, 4.69) is 45.9 Å². The van der Waals surface area contributed by atoms with E-state index in [9.17, 15) is 4.79 Å². The lowest BCUT2D eigenvalue weighted by Gasteiger charge is -2.36. The molecule has 0 aliphatic heterocycles. The van der Waals surface area contributed by atoms with E-state index in [0.29, 0.717) is 29.3 Å². The Kier molecular flexibility index (Phi) is 6.18. The number of nitrogens with zero attached hydrogens (tertiary/aromatic N) is 5. The summed E-state index contributed by atoms with van der Waals surface area (Å²) >= 11 is 0. The Morgan fingerprint density at radius 2 is 1.73 bits per heavy atom. The molecule has 0 spiro atoms. The van der Waals surface area contributed by atoms with Crippen molar-refractivity contribution in [2.24, 2.45) is 5.73 Å². The topological polar surface area (TPSA) is 111 Å². The van der Waals surface area contributed by atoms with Crippen LogP contribution >= 0.6 is 0 Å². The molecule has 0 bridgehead atoms. The number of aromatic nitrogens is 4. The highest BCUT2D eigenvalue weighted by Gasteiger charge is 2.35. The van der Waals surface area contributed by atoms with E-state index >= 15 is 0 Å². The van der Waals surface area contributed by atoms with Crippen molar-refractivity contribution in [3.05, 3.63) is 102 Å². The molecule has 0 saturated carbocycles. The minimum atomic E-state index is -0.776. The quantitative estimate of drug-likeness (QED) is 0.313. The van der Waals surface area contributed by atoms with Gasteiger partial charge in [-0.1, -0.05) is 54.6 Å². The van der Waals surface area contributed by atoms with Gasteiger partial charge in [0, 0.05) is 48.1 Å². The van der Waals surface area contributed by atoms with Crippen LogP contribution in [0.5, 0.6) is 5.75 Å². The lowest BCUT2D eigenvalue weighted by Crippen LogP contribution is -2.37. The van der Waals surface area contributed by atoms with Gasteiger partial charge in [-0.25, -0.2) is 0 Å². The van der Waals surface area contributed by atoms with Crippen LogP contribution in [0.4, 0.5) is 11.5 Å². The molecule has 0 radical (unpaired) electrons. The number of amides is 1. The van der Waals surface area contributed by atoms with Gasteiger partial charge in [0.2, 0.25) is 5.91 Å². The number of nitrogens with two attached hydrogens (primary N) is 1. The predicted octanol–water partition coefficient (Wildman–Crippen LogP) is 4.70. The minimum absolute atomic E-state index is 0.363. The van der Waals surface area contributed by atoms with Gasteiger partial charge in [-0.15, -0.1) is 15.3 Å². The van der Waals surface area contributed by atoms with Crippen molar-refractivity contribution in [2.75, 3.05) is 31.4 Å². The zero-order valence-corrected chi connectivity index (χ0v) is 22.5. The van der Waals surface area contributed by atoms with E-state index in [1.807, 2.05) is 73.6 Å². The van der Waals surface area contributed by atoms with Crippen LogP contribution in [0.25, 0.3) is 27.8 Å². The smallest absolute Gasteiger partial charge is 0.244 e. The maximum atomic E-state index is 12.3. The molecule has 1 amide bonds. The summed E-state index contributed by atoms with van der Waals surface area (Å²) in [5.41, 5.74) is 9.06. The van der Waals surface area contributed by atoms with Crippen LogP contribution in [-0.2, 0) is 10.3 Å². The largest absolute Gasteiger partial charge is 0.497 e. The van der Waals surface area contributed by atoms with E-state index in [0.717, 1.165) is 33.3 Å². The molecular formula is C31H29N7O2. The van der Waals surface area contributed by atoms with Gasteiger partial charge < -0.3 is 20.7 Å². The van der Waals surface area contributed by atoms with E-state index < -0.39 is 11.4 Å². The average Bonchev–Trinajstić information content (AvgIpc) is 3.41. The van der Waals surface area contributed by atoms with Crippen LogP contribution < -0.4 is 20.7 Å². The summed E-state index contributed by atoms with van der Waals surface area (Å²) in [6, 6.07) is 23.8. The summed E-state index contributed by atoms with van der Waals surface area (Å²) < 4.78 is 7.08. The molecule has 6 rings (SSSR count). The summed E-state index contributed by atoms with van der Waals surface area (Å²) in [5.74, 6) is 1.54. The summed E-state index contributed by atoms with van der Waals surface area (Å²) in [5, 5.41) is 19.5. The zero-order valence-electron chi connectivity index (χ0n) is 22.5. The fourth-order valence-electron chi connectivity index (χ4n) is 5.13. The third-order valence-electron chi connectivity index (χ3n) is 7.32. The van der Waals surface area contributed by atoms with Gasteiger partial charge in [0.05, 0.1) is 12.6 Å². The molecule has 3 N–H and O–H groups in total. The second-order valence-electron chi connectivity index (χ2n) is 10.0. The molecule has 3 aromatic carbocycles. The highest BCUT2D eigenvalue weighted by Crippen LogP contribution is 2.39. The van der Waals surface area contributed by atoms with Crippen molar-refractivity contribution in [3.63, 3.8) is 0 Å². The van der Waals surface area contributed by atoms with Crippen molar-refractivity contribution < 1.29 is 9.53 Å². The maximum absolute atomic E-state index is 12.3. The number of ether oxygens (including phenoxy) is 1. The third kappa shape index (κ3) is 4.31. The number of nitrogens with one attached hydrogen (secondary N) is 1. The molecule has 1 unspecified atom stereocenters. The van der Waals surface area contributed by atoms with Gasteiger partial charge in [-0.3, -0.25) is 4.79 Å². The number of hydrogen-bond acceptors (Lipinski definition) is 7. The number of benzene rings is 3. The van der Waals surface area contributed by atoms with Gasteiger partial charge >= 0.3 is 0 Å². The van der Waals surface area contributed by atoms with Crippen molar-refractivity contribution in [3.8, 4) is 17.1 Å². The second-order valence-corrected chi connectivity index (χ2v) is 10.0. The maximum Gasteiger partial charge on any atom is 0.244 e. The molecule has 2 heterocycles. The minimum Gasteiger partial charge on any atom is -0.497 e. The standard InChI is InChI=1S/C31H29N7O2/c1-37(2)23-14-12-22(13-15-23)31(18-6-7-21(19-31)27(32)39)33-28-25-8-4-5-9-26(25)30-35-34-29(38(30)36-28)20-10-16-24(40-3)17-11-20/h4-18H,19H2,1-3H3,(H2,32,39)(H,33,36). The predicted molar refractivity (Wildman–Crippen MR) is 157 cm³/mol. The van der Waals surface area contributed by atoms with Crippen molar-refractivity contribution in [1.82, 2.24) is 19.8 Å². The van der Waals surface area contributed by atoms with Crippen molar-refractivity contribution >= 4 is 33.8 Å². The van der Waals surface area contributed by atoms with Gasteiger partial charge in [0.25, 0.3) is 0 Å². The molecule has 0 fully saturated rings. The van der Waals surface area contributed by atoms with Crippen LogP contribution in [0.2, 0.25) is 0 Å². The second kappa shape index (κ2) is 9.85.